The van der Waals surface area contributed by atoms with E-state index in [0.29, 0.717) is 12.1 Å². The molecule has 0 heterocycles. The van der Waals surface area contributed by atoms with Gasteiger partial charge in [0.15, 0.2) is 0 Å². The highest BCUT2D eigenvalue weighted by atomic mass is 16.1. The Kier molecular flexibility index (Phi) is 1.87. The minimum atomic E-state index is -0.140. The van der Waals surface area contributed by atoms with Crippen molar-refractivity contribution in [3.63, 3.8) is 0 Å². The number of carbonyl (C=O) groups excluding carboxylic acids is 1. The summed E-state index contributed by atoms with van der Waals surface area (Å²) in [5.41, 5.74) is 0.557. The highest BCUT2D eigenvalue weighted by molar-refractivity contribution is 6.07. The first kappa shape index (κ1) is 8.44. The number of nitrogens with one attached hydrogen (secondary N) is 1. The molecular weight excluding hydrogens is 138 g/mol. The van der Waals surface area contributed by atoms with E-state index in [9.17, 15) is 4.79 Å². The molecule has 11 heavy (non-hydrogen) atoms. The zero-order valence-corrected chi connectivity index (χ0v) is 7.40. The van der Waals surface area contributed by atoms with Crippen LogP contribution in [0.1, 0.15) is 33.6 Å². The average Bonchev–Trinajstić information content (AvgIpc) is 1.95. The molecule has 1 unspecified atom stereocenters. The molecule has 0 bridgehead atoms. The quantitative estimate of drug-likeness (QED) is 0.568. The molecule has 1 fully saturated rings. The lowest BCUT2D eigenvalue weighted by Crippen LogP contribution is -2.38. The summed E-state index contributed by atoms with van der Waals surface area (Å²) in [4.78, 5) is 11.2. The summed E-state index contributed by atoms with van der Waals surface area (Å²) < 4.78 is 0. The Morgan fingerprint density at radius 3 is 2.55 bits per heavy atom. The van der Waals surface area contributed by atoms with Gasteiger partial charge in [-0.15, -0.1) is 0 Å². The molecule has 0 radical (unpaired) electrons. The summed E-state index contributed by atoms with van der Waals surface area (Å²) in [5, 5.41) is 7.71. The number of ketones is 1. The van der Waals surface area contributed by atoms with Crippen molar-refractivity contribution >= 4 is 11.5 Å². The number of rotatable bonds is 0. The maximum atomic E-state index is 11.2. The summed E-state index contributed by atoms with van der Waals surface area (Å²) >= 11 is 0. The lowest BCUT2D eigenvalue weighted by atomic mass is 9.70. The number of Topliss-reactive ketones (excluding diaryl/α,β-unsaturated/α-hetero) is 1. The minimum absolute atomic E-state index is 0.0483. The Morgan fingerprint density at radius 2 is 2.09 bits per heavy atom. The highest BCUT2D eigenvalue weighted by Gasteiger charge is 2.36. The molecule has 1 aliphatic rings. The van der Waals surface area contributed by atoms with Gasteiger partial charge in [0.2, 0.25) is 0 Å². The minimum Gasteiger partial charge on any atom is -0.308 e. The number of hydrogen-bond acceptors (Lipinski definition) is 2. The fourth-order valence-corrected chi connectivity index (χ4v) is 1.53. The molecule has 0 aromatic rings. The Balaban J connectivity index is 2.84. The molecule has 0 aromatic carbocycles. The van der Waals surface area contributed by atoms with Gasteiger partial charge in [-0.2, -0.15) is 0 Å². The molecule has 1 atom stereocenters. The van der Waals surface area contributed by atoms with Crippen molar-refractivity contribution in [2.75, 3.05) is 0 Å². The van der Waals surface area contributed by atoms with E-state index in [0.717, 1.165) is 6.42 Å². The van der Waals surface area contributed by atoms with Crippen molar-refractivity contribution in [3.8, 4) is 0 Å². The summed E-state index contributed by atoms with van der Waals surface area (Å²) in [6.07, 6.45) is 1.49. The smallest absolute Gasteiger partial charge is 0.141 e. The molecule has 1 aliphatic carbocycles. The third-order valence-electron chi connectivity index (χ3n) is 2.64. The molecule has 0 aliphatic heterocycles. The van der Waals surface area contributed by atoms with Crippen molar-refractivity contribution in [2.24, 2.45) is 11.3 Å². The maximum absolute atomic E-state index is 11.2. The van der Waals surface area contributed by atoms with Gasteiger partial charge in [0, 0.05) is 17.5 Å². The van der Waals surface area contributed by atoms with Crippen LogP contribution in [0.3, 0.4) is 0 Å². The molecule has 1 N–H and O–H groups in total. The Morgan fingerprint density at radius 1 is 1.55 bits per heavy atom. The van der Waals surface area contributed by atoms with Crippen molar-refractivity contribution < 1.29 is 4.79 Å². The van der Waals surface area contributed by atoms with Crippen molar-refractivity contribution in [2.45, 2.75) is 33.6 Å². The SMILES string of the molecule is CC1C(=N)C(C)(C)CCC1=O. The second kappa shape index (κ2) is 2.43. The van der Waals surface area contributed by atoms with Crippen LogP contribution in [0.5, 0.6) is 0 Å². The van der Waals surface area contributed by atoms with Gasteiger partial charge in [-0.05, 0) is 6.42 Å². The Bertz CT molecular complexity index is 206. The van der Waals surface area contributed by atoms with Gasteiger partial charge in [0.05, 0.1) is 5.92 Å². The largest absolute Gasteiger partial charge is 0.308 e. The lowest BCUT2D eigenvalue weighted by Gasteiger charge is -2.33. The summed E-state index contributed by atoms with van der Waals surface area (Å²) in [6.45, 7) is 5.92. The van der Waals surface area contributed by atoms with E-state index in [1.54, 1.807) is 0 Å². The van der Waals surface area contributed by atoms with E-state index in [1.807, 2.05) is 20.8 Å². The van der Waals surface area contributed by atoms with Crippen LogP contribution in [0.25, 0.3) is 0 Å². The molecule has 0 aromatic heterocycles. The van der Waals surface area contributed by atoms with Gasteiger partial charge in [-0.3, -0.25) is 4.79 Å². The molecular formula is C9H15NO. The maximum Gasteiger partial charge on any atom is 0.141 e. The van der Waals surface area contributed by atoms with Gasteiger partial charge >= 0.3 is 0 Å². The number of carbonyl (C=O) groups is 1. The van der Waals surface area contributed by atoms with Gasteiger partial charge in [-0.1, -0.05) is 20.8 Å². The van der Waals surface area contributed by atoms with E-state index in [4.69, 9.17) is 5.41 Å². The van der Waals surface area contributed by atoms with Crippen LogP contribution in [0.2, 0.25) is 0 Å². The summed E-state index contributed by atoms with van der Waals surface area (Å²) in [6, 6.07) is 0. The zero-order valence-electron chi connectivity index (χ0n) is 7.40. The fraction of sp³-hybridized carbons (Fsp3) is 0.778. The molecule has 1 saturated carbocycles. The number of hydrogen-bond donors (Lipinski definition) is 1. The normalized spacial score (nSPS) is 30.6. The van der Waals surface area contributed by atoms with Crippen LogP contribution < -0.4 is 0 Å². The van der Waals surface area contributed by atoms with E-state index in [1.165, 1.54) is 0 Å². The Labute approximate surface area is 67.5 Å². The van der Waals surface area contributed by atoms with E-state index < -0.39 is 0 Å². The first-order valence-electron chi connectivity index (χ1n) is 4.07. The first-order chi connectivity index (χ1) is 4.95. The van der Waals surface area contributed by atoms with Crippen LogP contribution in [0.4, 0.5) is 0 Å². The average molecular weight is 153 g/mol. The van der Waals surface area contributed by atoms with Gasteiger partial charge < -0.3 is 5.41 Å². The van der Waals surface area contributed by atoms with Crippen molar-refractivity contribution in [3.05, 3.63) is 0 Å². The van der Waals surface area contributed by atoms with Crippen LogP contribution >= 0.6 is 0 Å². The summed E-state index contributed by atoms with van der Waals surface area (Å²) in [7, 11) is 0. The standard InChI is InChI=1S/C9H15NO/c1-6-7(11)4-5-9(2,3)8(6)10/h6,10H,4-5H2,1-3H3. The third kappa shape index (κ3) is 1.35. The van der Waals surface area contributed by atoms with Gasteiger partial charge in [0.1, 0.15) is 5.78 Å². The lowest BCUT2D eigenvalue weighted by molar-refractivity contribution is -0.122. The highest BCUT2D eigenvalue weighted by Crippen LogP contribution is 2.33. The molecule has 0 spiro atoms. The molecule has 0 saturated heterocycles. The molecule has 0 amide bonds. The van der Waals surface area contributed by atoms with Crippen LogP contribution in [0, 0.1) is 16.7 Å². The van der Waals surface area contributed by atoms with Crippen LogP contribution in [-0.4, -0.2) is 11.5 Å². The molecule has 62 valence electrons. The predicted molar refractivity (Wildman–Crippen MR) is 44.9 cm³/mol. The monoisotopic (exact) mass is 153 g/mol. The summed E-state index contributed by atoms with van der Waals surface area (Å²) in [5.74, 6) is 0.0908. The van der Waals surface area contributed by atoms with Crippen LogP contribution in [0.15, 0.2) is 0 Å². The molecule has 1 rings (SSSR count). The topological polar surface area (TPSA) is 40.9 Å². The van der Waals surface area contributed by atoms with Gasteiger partial charge in [0.25, 0.3) is 0 Å². The predicted octanol–water partition coefficient (Wildman–Crippen LogP) is 2.03. The van der Waals surface area contributed by atoms with E-state index in [-0.39, 0.29) is 17.1 Å². The zero-order chi connectivity index (χ0) is 8.65. The van der Waals surface area contributed by atoms with E-state index >= 15 is 0 Å². The molecule has 2 heteroatoms. The van der Waals surface area contributed by atoms with Crippen molar-refractivity contribution in [1.82, 2.24) is 0 Å². The Hall–Kier alpha value is -0.660. The third-order valence-corrected chi connectivity index (χ3v) is 2.64. The second-order valence-corrected chi connectivity index (χ2v) is 3.99. The fourth-order valence-electron chi connectivity index (χ4n) is 1.53. The van der Waals surface area contributed by atoms with E-state index in [2.05, 4.69) is 0 Å². The molecule has 2 nitrogen and oxygen atoms in total. The van der Waals surface area contributed by atoms with Gasteiger partial charge in [-0.25, -0.2) is 0 Å². The van der Waals surface area contributed by atoms with Crippen molar-refractivity contribution in [1.29, 1.82) is 5.41 Å². The van der Waals surface area contributed by atoms with Crippen LogP contribution in [-0.2, 0) is 4.79 Å². The first-order valence-corrected chi connectivity index (χ1v) is 4.07. The second-order valence-electron chi connectivity index (χ2n) is 3.99.